The van der Waals surface area contributed by atoms with Crippen LogP contribution in [-0.4, -0.2) is 5.97 Å². The summed E-state index contributed by atoms with van der Waals surface area (Å²) in [6.45, 7) is 10.7. The van der Waals surface area contributed by atoms with Gasteiger partial charge < -0.3 is 4.74 Å². The van der Waals surface area contributed by atoms with E-state index in [1.54, 1.807) is 0 Å². The van der Waals surface area contributed by atoms with Gasteiger partial charge in [0.1, 0.15) is 5.75 Å². The average Bonchev–Trinajstić information content (AvgIpc) is 2.54. The smallest absolute Gasteiger partial charge is 0.311 e. The van der Waals surface area contributed by atoms with E-state index in [4.69, 9.17) is 4.74 Å². The Labute approximate surface area is 145 Å². The highest BCUT2D eigenvalue weighted by Gasteiger charge is 2.21. The predicted octanol–water partition coefficient (Wildman–Crippen LogP) is 5.84. The molecule has 0 saturated heterocycles. The van der Waals surface area contributed by atoms with Gasteiger partial charge in [0.05, 0.1) is 0 Å². The van der Waals surface area contributed by atoms with Gasteiger partial charge in [-0.15, -0.1) is 0 Å². The average molecular weight is 324 g/mol. The molecule has 0 heterocycles. The van der Waals surface area contributed by atoms with Crippen LogP contribution in [0, 0.1) is 0 Å². The van der Waals surface area contributed by atoms with Gasteiger partial charge in [0.25, 0.3) is 0 Å². The van der Waals surface area contributed by atoms with Crippen LogP contribution in [0.15, 0.2) is 48.5 Å². The topological polar surface area (TPSA) is 26.3 Å². The Balaban J connectivity index is 2.45. The van der Waals surface area contributed by atoms with Crippen LogP contribution in [0.1, 0.15) is 70.1 Å². The molecule has 0 amide bonds. The third-order valence-electron chi connectivity index (χ3n) is 4.32. The molecule has 0 saturated carbocycles. The third kappa shape index (κ3) is 4.47. The third-order valence-corrected chi connectivity index (χ3v) is 4.32. The Hall–Kier alpha value is -2.09. The van der Waals surface area contributed by atoms with Gasteiger partial charge in [-0.05, 0) is 29.0 Å². The molecule has 24 heavy (non-hydrogen) atoms. The lowest BCUT2D eigenvalue weighted by atomic mass is 9.83. The first-order valence-electron chi connectivity index (χ1n) is 8.73. The number of ether oxygens (including phenoxy) is 1. The Bertz CT molecular complexity index is 681. The van der Waals surface area contributed by atoms with Crippen molar-refractivity contribution in [1.29, 1.82) is 0 Å². The zero-order chi connectivity index (χ0) is 17.7. The molecule has 0 aliphatic carbocycles. The summed E-state index contributed by atoms with van der Waals surface area (Å²) >= 11 is 0. The van der Waals surface area contributed by atoms with Gasteiger partial charge in [-0.3, -0.25) is 4.79 Å². The van der Waals surface area contributed by atoms with Gasteiger partial charge in [-0.2, -0.15) is 0 Å². The molecule has 0 spiro atoms. The van der Waals surface area contributed by atoms with Crippen LogP contribution in [0.3, 0.4) is 0 Å². The van der Waals surface area contributed by atoms with E-state index >= 15 is 0 Å². The van der Waals surface area contributed by atoms with Crippen LogP contribution in [0.5, 0.6) is 5.75 Å². The lowest BCUT2D eigenvalue weighted by Gasteiger charge is -2.23. The molecule has 0 fully saturated rings. The Morgan fingerprint density at radius 2 is 1.75 bits per heavy atom. The number of hydrogen-bond acceptors (Lipinski definition) is 2. The van der Waals surface area contributed by atoms with Crippen molar-refractivity contribution in [2.24, 2.45) is 0 Å². The molecular formula is C22H28O2. The molecule has 1 atom stereocenters. The van der Waals surface area contributed by atoms with Crippen LogP contribution < -0.4 is 4.74 Å². The predicted molar refractivity (Wildman–Crippen MR) is 99.6 cm³/mol. The van der Waals surface area contributed by atoms with E-state index in [9.17, 15) is 4.79 Å². The number of rotatable bonds is 5. The highest BCUT2D eigenvalue weighted by atomic mass is 16.5. The van der Waals surface area contributed by atoms with E-state index in [0.717, 1.165) is 12.0 Å². The molecule has 2 nitrogen and oxygen atoms in total. The Kier molecular flexibility index (Phi) is 5.82. The fraction of sp³-hybridized carbons (Fsp3) is 0.409. The SMILES string of the molecule is CCCC(=O)Oc1ccc(C(C)(C)C)cc1C(C)c1ccccc1. The first-order chi connectivity index (χ1) is 11.3. The summed E-state index contributed by atoms with van der Waals surface area (Å²) in [5.41, 5.74) is 3.59. The molecule has 0 N–H and O–H groups in total. The fourth-order valence-electron chi connectivity index (χ4n) is 2.75. The zero-order valence-electron chi connectivity index (χ0n) is 15.4. The van der Waals surface area contributed by atoms with Crippen molar-refractivity contribution in [2.75, 3.05) is 0 Å². The van der Waals surface area contributed by atoms with Gasteiger partial charge in [0, 0.05) is 17.9 Å². The van der Waals surface area contributed by atoms with Crippen molar-refractivity contribution in [2.45, 2.75) is 58.8 Å². The molecule has 0 aliphatic heterocycles. The first kappa shape index (κ1) is 18.3. The molecule has 128 valence electrons. The molecular weight excluding hydrogens is 296 g/mol. The molecule has 2 aromatic rings. The van der Waals surface area contributed by atoms with Crippen molar-refractivity contribution in [3.63, 3.8) is 0 Å². The number of esters is 1. The lowest BCUT2D eigenvalue weighted by molar-refractivity contribution is -0.134. The fourth-order valence-corrected chi connectivity index (χ4v) is 2.75. The molecule has 2 rings (SSSR count). The standard InChI is InChI=1S/C22H28O2/c1-6-10-21(23)24-20-14-13-18(22(3,4)5)15-19(20)16(2)17-11-8-7-9-12-17/h7-9,11-16H,6,10H2,1-5H3. The van der Waals surface area contributed by atoms with Gasteiger partial charge in [0.15, 0.2) is 0 Å². The lowest BCUT2D eigenvalue weighted by Crippen LogP contribution is -2.14. The van der Waals surface area contributed by atoms with Crippen LogP contribution in [0.2, 0.25) is 0 Å². The molecule has 0 aromatic heterocycles. The van der Waals surface area contributed by atoms with Crippen LogP contribution in [-0.2, 0) is 10.2 Å². The molecule has 2 heteroatoms. The summed E-state index contributed by atoms with van der Waals surface area (Å²) in [7, 11) is 0. The van der Waals surface area contributed by atoms with E-state index in [-0.39, 0.29) is 17.3 Å². The molecule has 2 aromatic carbocycles. The van der Waals surface area contributed by atoms with Gasteiger partial charge in [-0.25, -0.2) is 0 Å². The Morgan fingerprint density at radius 1 is 1.08 bits per heavy atom. The second-order valence-electron chi connectivity index (χ2n) is 7.36. The maximum atomic E-state index is 12.0. The minimum Gasteiger partial charge on any atom is -0.426 e. The van der Waals surface area contributed by atoms with E-state index in [0.29, 0.717) is 12.2 Å². The van der Waals surface area contributed by atoms with Gasteiger partial charge in [-0.1, -0.05) is 77.1 Å². The van der Waals surface area contributed by atoms with Crippen molar-refractivity contribution in [1.82, 2.24) is 0 Å². The highest BCUT2D eigenvalue weighted by molar-refractivity contribution is 5.73. The van der Waals surface area contributed by atoms with E-state index < -0.39 is 0 Å². The molecule has 0 aliphatic rings. The Morgan fingerprint density at radius 3 is 2.33 bits per heavy atom. The van der Waals surface area contributed by atoms with E-state index in [1.165, 1.54) is 11.1 Å². The number of carbonyl (C=O) groups is 1. The van der Waals surface area contributed by atoms with E-state index in [1.807, 2.05) is 31.2 Å². The number of hydrogen-bond donors (Lipinski definition) is 0. The largest absolute Gasteiger partial charge is 0.426 e. The molecule has 0 radical (unpaired) electrons. The maximum absolute atomic E-state index is 12.0. The highest BCUT2D eigenvalue weighted by Crippen LogP contribution is 2.35. The number of benzene rings is 2. The van der Waals surface area contributed by atoms with Crippen LogP contribution in [0.25, 0.3) is 0 Å². The summed E-state index contributed by atoms with van der Waals surface area (Å²) in [6, 6.07) is 16.5. The molecule has 0 bridgehead atoms. The van der Waals surface area contributed by atoms with Crippen molar-refractivity contribution in [3.05, 3.63) is 65.2 Å². The van der Waals surface area contributed by atoms with Crippen LogP contribution >= 0.6 is 0 Å². The van der Waals surface area contributed by atoms with Crippen molar-refractivity contribution >= 4 is 5.97 Å². The number of carbonyl (C=O) groups excluding carboxylic acids is 1. The maximum Gasteiger partial charge on any atom is 0.311 e. The van der Waals surface area contributed by atoms with E-state index in [2.05, 4.69) is 52.0 Å². The zero-order valence-corrected chi connectivity index (χ0v) is 15.4. The van der Waals surface area contributed by atoms with Gasteiger partial charge in [0.2, 0.25) is 0 Å². The second-order valence-corrected chi connectivity index (χ2v) is 7.36. The summed E-state index contributed by atoms with van der Waals surface area (Å²) < 4.78 is 5.66. The molecule has 1 unspecified atom stereocenters. The van der Waals surface area contributed by atoms with Gasteiger partial charge >= 0.3 is 5.97 Å². The minimum atomic E-state index is -0.164. The van der Waals surface area contributed by atoms with Crippen molar-refractivity contribution < 1.29 is 9.53 Å². The van der Waals surface area contributed by atoms with Crippen molar-refractivity contribution in [3.8, 4) is 5.75 Å². The first-order valence-corrected chi connectivity index (χ1v) is 8.73. The normalized spacial score (nSPS) is 12.7. The summed E-state index contributed by atoms with van der Waals surface area (Å²) in [5.74, 6) is 0.679. The second kappa shape index (κ2) is 7.65. The minimum absolute atomic E-state index is 0.0527. The quantitative estimate of drug-likeness (QED) is 0.510. The summed E-state index contributed by atoms with van der Waals surface area (Å²) in [4.78, 5) is 12.0. The summed E-state index contributed by atoms with van der Waals surface area (Å²) in [5, 5.41) is 0. The van der Waals surface area contributed by atoms with Crippen LogP contribution in [0.4, 0.5) is 0 Å². The summed E-state index contributed by atoms with van der Waals surface area (Å²) in [6.07, 6.45) is 1.24. The monoisotopic (exact) mass is 324 g/mol.